The van der Waals surface area contributed by atoms with E-state index in [1.165, 1.54) is 32.1 Å². The molecule has 0 saturated heterocycles. The van der Waals surface area contributed by atoms with Gasteiger partial charge in [0.1, 0.15) is 0 Å². The summed E-state index contributed by atoms with van der Waals surface area (Å²) in [6.45, 7) is 8.71. The highest BCUT2D eigenvalue weighted by Crippen LogP contribution is 2.36. The maximum atomic E-state index is 3.99. The molecule has 0 bridgehead atoms. The Morgan fingerprint density at radius 2 is 1.75 bits per heavy atom. The van der Waals surface area contributed by atoms with E-state index in [0.717, 1.165) is 18.3 Å². The molecular weight excluding hydrogens is 144 g/mol. The van der Waals surface area contributed by atoms with Crippen molar-refractivity contribution in [2.24, 2.45) is 11.8 Å². The lowest BCUT2D eigenvalue weighted by atomic mass is 9.75. The molecule has 0 aromatic carbocycles. The molecular formula is C12H22. The topological polar surface area (TPSA) is 0 Å². The van der Waals surface area contributed by atoms with E-state index in [1.807, 2.05) is 5.92 Å². The largest absolute Gasteiger partial charge is 0.0622 e. The van der Waals surface area contributed by atoms with Crippen LogP contribution in [-0.4, -0.2) is 0 Å². The minimum absolute atomic E-state index is 0.790. The van der Waals surface area contributed by atoms with Crippen LogP contribution in [0.3, 0.4) is 0 Å². The van der Waals surface area contributed by atoms with Crippen LogP contribution in [0.4, 0.5) is 0 Å². The molecule has 0 heteroatoms. The molecule has 0 amide bonds. The third-order valence-electron chi connectivity index (χ3n) is 3.45. The lowest BCUT2D eigenvalue weighted by Gasteiger charge is -2.30. The van der Waals surface area contributed by atoms with Gasteiger partial charge in [0.05, 0.1) is 0 Å². The predicted octanol–water partition coefficient (Wildman–Crippen LogP) is 4.02. The molecule has 2 unspecified atom stereocenters. The van der Waals surface area contributed by atoms with Crippen LogP contribution in [0, 0.1) is 24.7 Å². The smallest absolute Gasteiger partial charge is 0.0210 e. The van der Waals surface area contributed by atoms with E-state index in [2.05, 4.69) is 20.8 Å². The van der Waals surface area contributed by atoms with E-state index in [0.29, 0.717) is 0 Å². The van der Waals surface area contributed by atoms with Crippen LogP contribution >= 0.6 is 0 Å². The molecule has 1 aliphatic rings. The van der Waals surface area contributed by atoms with Gasteiger partial charge in [0.2, 0.25) is 0 Å². The van der Waals surface area contributed by atoms with E-state index >= 15 is 0 Å². The first-order valence-electron chi connectivity index (χ1n) is 5.39. The Kier molecular flexibility index (Phi) is 4.11. The Hall–Kier alpha value is 0. The van der Waals surface area contributed by atoms with E-state index in [4.69, 9.17) is 0 Å². The van der Waals surface area contributed by atoms with Crippen LogP contribution in [0.1, 0.15) is 52.4 Å². The standard InChI is InChI=1S/C12H22/c1-4-10(2)11(3)12-8-6-5-7-9-12/h10-11H,1,4-9H2,2-3H3. The van der Waals surface area contributed by atoms with Gasteiger partial charge < -0.3 is 0 Å². The summed E-state index contributed by atoms with van der Waals surface area (Å²) in [5.74, 6) is 3.43. The maximum absolute atomic E-state index is 3.99. The highest BCUT2D eigenvalue weighted by molar-refractivity contribution is 4.98. The summed E-state index contributed by atoms with van der Waals surface area (Å²) in [6.07, 6.45) is 8.20. The molecule has 0 nitrogen and oxygen atoms in total. The Bertz CT molecular complexity index is 111. The van der Waals surface area contributed by atoms with Crippen molar-refractivity contribution in [3.8, 4) is 0 Å². The maximum Gasteiger partial charge on any atom is -0.0210 e. The summed E-state index contributed by atoms with van der Waals surface area (Å²) in [4.78, 5) is 0. The van der Waals surface area contributed by atoms with Gasteiger partial charge in [0.25, 0.3) is 0 Å². The Morgan fingerprint density at radius 1 is 1.17 bits per heavy atom. The number of rotatable bonds is 3. The highest BCUT2D eigenvalue weighted by Gasteiger charge is 2.23. The van der Waals surface area contributed by atoms with Gasteiger partial charge in [0.15, 0.2) is 0 Å². The van der Waals surface area contributed by atoms with Crippen molar-refractivity contribution >= 4 is 0 Å². The molecule has 0 spiro atoms. The number of hydrogen-bond donors (Lipinski definition) is 0. The average Bonchev–Trinajstić information content (AvgIpc) is 2.17. The molecule has 1 rings (SSSR count). The second-order valence-corrected chi connectivity index (χ2v) is 4.27. The predicted molar refractivity (Wildman–Crippen MR) is 54.6 cm³/mol. The first-order chi connectivity index (χ1) is 5.75. The lowest BCUT2D eigenvalue weighted by molar-refractivity contribution is 0.342. The Balaban J connectivity index is 2.33. The number of hydrogen-bond acceptors (Lipinski definition) is 0. The van der Waals surface area contributed by atoms with E-state index in [-0.39, 0.29) is 0 Å². The molecule has 2 atom stereocenters. The summed E-state index contributed by atoms with van der Waals surface area (Å²) >= 11 is 0. The van der Waals surface area contributed by atoms with Gasteiger partial charge >= 0.3 is 0 Å². The van der Waals surface area contributed by atoms with Crippen LogP contribution < -0.4 is 0 Å². The van der Waals surface area contributed by atoms with Crippen LogP contribution in [0.2, 0.25) is 0 Å². The zero-order valence-electron chi connectivity index (χ0n) is 8.60. The molecule has 0 aliphatic heterocycles. The third kappa shape index (κ3) is 2.50. The van der Waals surface area contributed by atoms with Crippen molar-refractivity contribution in [1.29, 1.82) is 0 Å². The van der Waals surface area contributed by atoms with Crippen molar-refractivity contribution in [3.05, 3.63) is 12.8 Å². The fourth-order valence-corrected chi connectivity index (χ4v) is 2.11. The molecule has 1 saturated carbocycles. The minimum Gasteiger partial charge on any atom is -0.0622 e. The van der Waals surface area contributed by atoms with Gasteiger partial charge in [-0.2, -0.15) is 0 Å². The van der Waals surface area contributed by atoms with Gasteiger partial charge in [-0.3, -0.25) is 0 Å². The fourth-order valence-electron chi connectivity index (χ4n) is 2.11. The van der Waals surface area contributed by atoms with Crippen LogP contribution in [0.15, 0.2) is 0 Å². The molecule has 0 aromatic heterocycles. The molecule has 70 valence electrons. The summed E-state index contributed by atoms with van der Waals surface area (Å²) in [5, 5.41) is 0. The van der Waals surface area contributed by atoms with Crippen molar-refractivity contribution in [1.82, 2.24) is 0 Å². The van der Waals surface area contributed by atoms with E-state index < -0.39 is 0 Å². The van der Waals surface area contributed by atoms with Crippen LogP contribution in [-0.2, 0) is 0 Å². The van der Waals surface area contributed by atoms with Gasteiger partial charge in [-0.25, -0.2) is 0 Å². The summed E-state index contributed by atoms with van der Waals surface area (Å²) < 4.78 is 0. The van der Waals surface area contributed by atoms with Gasteiger partial charge in [-0.05, 0) is 30.6 Å². The van der Waals surface area contributed by atoms with Gasteiger partial charge in [-0.15, -0.1) is 0 Å². The Morgan fingerprint density at radius 3 is 2.25 bits per heavy atom. The summed E-state index contributed by atoms with van der Waals surface area (Å²) in [6, 6.07) is 0. The monoisotopic (exact) mass is 166 g/mol. The minimum atomic E-state index is 0.790. The lowest BCUT2D eigenvalue weighted by Crippen LogP contribution is -2.19. The quantitative estimate of drug-likeness (QED) is 0.594. The molecule has 1 fully saturated rings. The third-order valence-corrected chi connectivity index (χ3v) is 3.45. The van der Waals surface area contributed by atoms with Crippen molar-refractivity contribution in [2.45, 2.75) is 52.4 Å². The highest BCUT2D eigenvalue weighted by atomic mass is 14.3. The van der Waals surface area contributed by atoms with Crippen LogP contribution in [0.5, 0.6) is 0 Å². The van der Waals surface area contributed by atoms with Gasteiger partial charge in [0, 0.05) is 0 Å². The fraction of sp³-hybridized carbons (Fsp3) is 0.833. The molecule has 0 heterocycles. The van der Waals surface area contributed by atoms with Crippen molar-refractivity contribution in [2.75, 3.05) is 0 Å². The zero-order valence-corrected chi connectivity index (χ0v) is 8.60. The van der Waals surface area contributed by atoms with Crippen molar-refractivity contribution < 1.29 is 0 Å². The van der Waals surface area contributed by atoms with Crippen molar-refractivity contribution in [3.63, 3.8) is 0 Å². The van der Waals surface area contributed by atoms with Gasteiger partial charge in [-0.1, -0.05) is 46.5 Å². The second kappa shape index (κ2) is 4.89. The Labute approximate surface area is 77.7 Å². The molecule has 0 N–H and O–H groups in total. The second-order valence-electron chi connectivity index (χ2n) is 4.27. The van der Waals surface area contributed by atoms with Crippen LogP contribution in [0.25, 0.3) is 0 Å². The first kappa shape index (κ1) is 10.1. The van der Waals surface area contributed by atoms with E-state index in [1.54, 1.807) is 0 Å². The average molecular weight is 166 g/mol. The molecule has 12 heavy (non-hydrogen) atoms. The summed E-state index contributed by atoms with van der Waals surface area (Å²) in [5.41, 5.74) is 0. The zero-order chi connectivity index (χ0) is 8.97. The first-order valence-corrected chi connectivity index (χ1v) is 5.39. The summed E-state index contributed by atoms with van der Waals surface area (Å²) in [7, 11) is 0. The molecule has 0 aromatic rings. The normalized spacial score (nSPS) is 25.2. The molecule has 2 radical (unpaired) electrons. The molecule has 1 aliphatic carbocycles. The SMILES string of the molecule is [CH2]CC(C)C(C)[C]1CCCCC1. The van der Waals surface area contributed by atoms with E-state index in [9.17, 15) is 0 Å².